The van der Waals surface area contributed by atoms with Gasteiger partial charge < -0.3 is 39.4 Å². The van der Waals surface area contributed by atoms with E-state index in [2.05, 4.69) is 47.8 Å². The average Bonchev–Trinajstić information content (AvgIpc) is 3.86. The van der Waals surface area contributed by atoms with E-state index in [0.29, 0.717) is 41.4 Å². The van der Waals surface area contributed by atoms with E-state index in [-0.39, 0.29) is 71.6 Å². The first-order valence-corrected chi connectivity index (χ1v) is 24.2. The smallest absolute Gasteiger partial charge is 0.293 e. The van der Waals surface area contributed by atoms with Crippen LogP contribution in [-0.2, 0) is 25.7 Å². The number of carbonyl (C=O) groups excluding carboxylic acids is 4. The molecule has 4 aromatic rings. The molecule has 2 aromatic heterocycles. The normalized spacial score (nSPS) is 24.6. The van der Waals surface area contributed by atoms with Crippen LogP contribution in [0.25, 0.3) is 10.9 Å². The molecule has 2 unspecified atom stereocenters. The van der Waals surface area contributed by atoms with Crippen LogP contribution in [0.1, 0.15) is 93.6 Å². The van der Waals surface area contributed by atoms with Gasteiger partial charge >= 0.3 is 0 Å². The number of benzene rings is 2. The second kappa shape index (κ2) is 18.4. The number of ether oxygens (including phenoxy) is 2. The predicted molar refractivity (Wildman–Crippen MR) is 254 cm³/mol. The van der Waals surface area contributed by atoms with Crippen molar-refractivity contribution in [3.05, 3.63) is 75.2 Å². The number of imide groups is 1. The SMILES string of the molecule is CNC(=O)COc1cc2cc(Nc3nc(N4CCC(OC5CC(N6CCCC7(CCN(c8ccc9c(c8)CN(C8CCC(=O)NC8=O)C9=O)C7)C6)C5)CC4)ncc3Cl)ccc2n(C(C)C)c1=O. The number of rotatable bonds is 12. The van der Waals surface area contributed by atoms with Crippen LogP contribution < -0.4 is 36.0 Å². The van der Waals surface area contributed by atoms with E-state index in [9.17, 15) is 24.0 Å². The van der Waals surface area contributed by atoms with Crippen molar-refractivity contribution in [1.29, 1.82) is 0 Å². The van der Waals surface area contributed by atoms with E-state index < -0.39 is 6.04 Å². The summed E-state index contributed by atoms with van der Waals surface area (Å²) in [6.45, 7) is 9.74. The summed E-state index contributed by atoms with van der Waals surface area (Å²) >= 11 is 6.63. The zero-order valence-electron chi connectivity index (χ0n) is 38.4. The number of pyridine rings is 1. The number of likely N-dealkylation sites (tertiary alicyclic amines) is 1. The number of carbonyl (C=O) groups is 4. The first-order chi connectivity index (χ1) is 32.3. The minimum absolute atomic E-state index is 0.0976. The van der Waals surface area contributed by atoms with E-state index in [1.165, 1.54) is 19.9 Å². The van der Waals surface area contributed by atoms with Crippen LogP contribution >= 0.6 is 11.6 Å². The zero-order valence-corrected chi connectivity index (χ0v) is 39.1. The van der Waals surface area contributed by atoms with Gasteiger partial charge in [0.05, 0.1) is 23.9 Å². The molecule has 1 saturated carbocycles. The number of anilines is 4. The van der Waals surface area contributed by atoms with E-state index in [1.54, 1.807) is 21.7 Å². The van der Waals surface area contributed by atoms with Crippen molar-refractivity contribution in [2.45, 2.75) is 109 Å². The lowest BCUT2D eigenvalue weighted by atomic mass is 9.76. The number of aromatic nitrogens is 3. The molecular weight excluding hydrogens is 876 g/mol. The number of hydrogen-bond donors (Lipinski definition) is 3. The molecule has 1 aliphatic carbocycles. The summed E-state index contributed by atoms with van der Waals surface area (Å²) in [7, 11) is 1.52. The molecule has 4 amide bonds. The first-order valence-electron chi connectivity index (χ1n) is 23.8. The number of hydrogen-bond acceptors (Lipinski definition) is 13. The van der Waals surface area contributed by atoms with E-state index in [0.717, 1.165) is 99.2 Å². The molecule has 67 heavy (non-hydrogen) atoms. The number of fused-ring (bicyclic) bond motifs is 2. The Balaban J connectivity index is 0.702. The molecule has 10 rings (SSSR count). The minimum Gasteiger partial charge on any atom is -0.478 e. The van der Waals surface area contributed by atoms with Crippen LogP contribution in [0.5, 0.6) is 5.75 Å². The van der Waals surface area contributed by atoms with Gasteiger partial charge in [0.2, 0.25) is 17.8 Å². The molecule has 5 fully saturated rings. The molecule has 18 heteroatoms. The van der Waals surface area contributed by atoms with Gasteiger partial charge in [0, 0.05) is 92.6 Å². The maximum atomic E-state index is 13.3. The number of piperidine rings is 3. The zero-order chi connectivity index (χ0) is 46.6. The quantitative estimate of drug-likeness (QED) is 0.159. The van der Waals surface area contributed by atoms with Crippen LogP contribution in [0.2, 0.25) is 5.02 Å². The van der Waals surface area contributed by atoms with Gasteiger partial charge in [-0.3, -0.25) is 34.2 Å². The molecule has 5 aliphatic heterocycles. The Morgan fingerprint density at radius 3 is 2.55 bits per heavy atom. The highest BCUT2D eigenvalue weighted by Crippen LogP contribution is 2.44. The fourth-order valence-corrected chi connectivity index (χ4v) is 11.3. The highest BCUT2D eigenvalue weighted by atomic mass is 35.5. The van der Waals surface area contributed by atoms with Crippen molar-refractivity contribution in [1.82, 2.24) is 35.0 Å². The van der Waals surface area contributed by atoms with Gasteiger partial charge in [0.1, 0.15) is 11.1 Å². The Morgan fingerprint density at radius 2 is 1.78 bits per heavy atom. The van der Waals surface area contributed by atoms with Gasteiger partial charge in [0.15, 0.2) is 18.2 Å². The largest absolute Gasteiger partial charge is 0.478 e. The number of halogens is 1. The molecule has 7 heterocycles. The second-order valence-electron chi connectivity index (χ2n) is 19.6. The summed E-state index contributed by atoms with van der Waals surface area (Å²) in [6.07, 6.45) is 10.1. The van der Waals surface area contributed by atoms with Gasteiger partial charge in [-0.2, -0.15) is 4.98 Å². The van der Waals surface area contributed by atoms with Gasteiger partial charge in [-0.1, -0.05) is 11.6 Å². The molecule has 6 aliphatic rings. The molecule has 3 N–H and O–H groups in total. The lowest BCUT2D eigenvalue weighted by Gasteiger charge is -2.50. The third-order valence-electron chi connectivity index (χ3n) is 14.8. The first kappa shape index (κ1) is 45.0. The number of likely N-dealkylation sites (N-methyl/N-ethyl adjacent to an activating group) is 1. The van der Waals surface area contributed by atoms with Crippen molar-refractivity contribution < 1.29 is 28.7 Å². The molecule has 17 nitrogen and oxygen atoms in total. The highest BCUT2D eigenvalue weighted by molar-refractivity contribution is 6.33. The van der Waals surface area contributed by atoms with Crippen molar-refractivity contribution in [2.24, 2.45) is 5.41 Å². The van der Waals surface area contributed by atoms with Crippen molar-refractivity contribution in [3.8, 4) is 5.75 Å². The molecule has 2 aromatic carbocycles. The van der Waals surface area contributed by atoms with Gasteiger partial charge in [-0.05, 0) is 120 Å². The van der Waals surface area contributed by atoms with Crippen LogP contribution in [0.3, 0.4) is 0 Å². The molecule has 1 spiro atoms. The Bertz CT molecular complexity index is 2660. The van der Waals surface area contributed by atoms with Gasteiger partial charge in [-0.25, -0.2) is 4.98 Å². The molecule has 2 atom stereocenters. The lowest BCUT2D eigenvalue weighted by molar-refractivity contribution is -0.137. The molecule has 0 radical (unpaired) electrons. The summed E-state index contributed by atoms with van der Waals surface area (Å²) in [4.78, 5) is 81.1. The molecule has 0 bridgehead atoms. The van der Waals surface area contributed by atoms with E-state index in [4.69, 9.17) is 26.1 Å². The van der Waals surface area contributed by atoms with Gasteiger partial charge in [0.25, 0.3) is 17.4 Å². The maximum Gasteiger partial charge on any atom is 0.293 e. The summed E-state index contributed by atoms with van der Waals surface area (Å²) in [5.74, 6) is 0.0509. The topological polar surface area (TPSA) is 184 Å². The van der Waals surface area contributed by atoms with Crippen molar-refractivity contribution in [3.63, 3.8) is 0 Å². The van der Waals surface area contributed by atoms with Crippen LogP contribution in [0.4, 0.5) is 23.1 Å². The highest BCUT2D eigenvalue weighted by Gasteiger charge is 2.46. The molecular formula is C49H59ClN10O7. The number of amides is 4. The van der Waals surface area contributed by atoms with Crippen LogP contribution in [0.15, 0.2) is 53.5 Å². The maximum absolute atomic E-state index is 13.3. The predicted octanol–water partition coefficient (Wildman–Crippen LogP) is 5.16. The Labute approximate surface area is 394 Å². The lowest BCUT2D eigenvalue weighted by Crippen LogP contribution is -2.55. The minimum atomic E-state index is -0.606. The third kappa shape index (κ3) is 9.05. The van der Waals surface area contributed by atoms with Crippen LogP contribution in [0, 0.1) is 5.41 Å². The fourth-order valence-electron chi connectivity index (χ4n) is 11.2. The summed E-state index contributed by atoms with van der Waals surface area (Å²) in [5.41, 5.74) is 4.15. The standard InChI is InChI=1S/C49H59ClN10O7/c1-29(2)60-39-8-5-32(19-30(39)21-41(47(60)65)66-26-43(62)51-3)53-44-38(50)24-52-48(55-44)56-16-11-35(12-17-56)67-36-22-34(23-36)57-15-4-13-49(27-57)14-18-58(28-49)33-6-7-37-31(20-33)25-59(46(37)64)40-9-10-42(61)54-45(40)63/h5-8,19-21,24,29,34-36,40H,4,9-18,22-23,25-28H2,1-3H3,(H,51,62)(H,52,53,55)(H,54,61,63). The number of nitrogens with one attached hydrogen (secondary N) is 3. The average molecular weight is 936 g/mol. The number of nitrogens with zero attached hydrogens (tertiary/aromatic N) is 7. The van der Waals surface area contributed by atoms with Crippen LogP contribution in [-0.4, -0.2) is 125 Å². The second-order valence-corrected chi connectivity index (χ2v) is 20.0. The van der Waals surface area contributed by atoms with Crippen molar-refractivity contribution in [2.75, 3.05) is 68.0 Å². The van der Waals surface area contributed by atoms with Crippen molar-refractivity contribution >= 4 is 69.3 Å². The molecule has 354 valence electrons. The Kier molecular flexibility index (Phi) is 12.3. The van der Waals surface area contributed by atoms with E-state index >= 15 is 0 Å². The monoisotopic (exact) mass is 934 g/mol. The summed E-state index contributed by atoms with van der Waals surface area (Å²) < 4.78 is 14.0. The molecule has 4 saturated heterocycles. The van der Waals surface area contributed by atoms with E-state index in [1.807, 2.05) is 38.1 Å². The Hall–Kier alpha value is -5.78. The fraction of sp³-hybridized carbons (Fsp3) is 0.531. The Morgan fingerprint density at radius 1 is 0.955 bits per heavy atom. The third-order valence-corrected chi connectivity index (χ3v) is 15.1. The summed E-state index contributed by atoms with van der Waals surface area (Å²) in [6, 6.07) is 13.2. The summed E-state index contributed by atoms with van der Waals surface area (Å²) in [5, 5.41) is 9.40. The van der Waals surface area contributed by atoms with Gasteiger partial charge in [-0.15, -0.1) is 0 Å².